The number of Topliss-reactive ketones (excluding diaryl/α,β-unsaturated/α-hetero) is 1. The van der Waals surface area contributed by atoms with Gasteiger partial charge >= 0.3 is 0 Å². The van der Waals surface area contributed by atoms with Gasteiger partial charge in [0.2, 0.25) is 0 Å². The fourth-order valence-corrected chi connectivity index (χ4v) is 6.63. The van der Waals surface area contributed by atoms with E-state index in [0.717, 1.165) is 49.4 Å². The third kappa shape index (κ3) is 1.76. The fourth-order valence-electron chi connectivity index (χ4n) is 6.63. The van der Waals surface area contributed by atoms with E-state index < -0.39 is 0 Å². The molecule has 2 nitrogen and oxygen atoms in total. The Morgan fingerprint density at radius 3 is 2.70 bits per heavy atom. The van der Waals surface area contributed by atoms with Gasteiger partial charge in [-0.25, -0.2) is 0 Å². The summed E-state index contributed by atoms with van der Waals surface area (Å²) < 4.78 is 0. The van der Waals surface area contributed by atoms with Crippen molar-refractivity contribution in [2.45, 2.75) is 70.8 Å². The number of hydrogen-bond donors (Lipinski definition) is 1. The molecule has 4 fully saturated rings. The topological polar surface area (TPSA) is 37.3 Å². The first kappa shape index (κ1) is 13.3. The van der Waals surface area contributed by atoms with Crippen LogP contribution in [0.1, 0.15) is 64.7 Å². The van der Waals surface area contributed by atoms with Crippen LogP contribution in [-0.4, -0.2) is 17.0 Å². The highest BCUT2D eigenvalue weighted by Gasteiger charge is 2.56. The summed E-state index contributed by atoms with van der Waals surface area (Å²) >= 11 is 0. The third-order valence-electron chi connectivity index (χ3n) is 7.72. The molecule has 2 heteroatoms. The highest BCUT2D eigenvalue weighted by atomic mass is 16.3. The molecule has 0 aromatic rings. The van der Waals surface area contributed by atoms with Gasteiger partial charge in [0, 0.05) is 12.8 Å². The first-order chi connectivity index (χ1) is 9.59. The molecule has 4 aliphatic carbocycles. The Kier molecular flexibility index (Phi) is 3.03. The molecule has 0 saturated heterocycles. The molecule has 0 aliphatic heterocycles. The summed E-state index contributed by atoms with van der Waals surface area (Å²) in [5.74, 6) is 4.52. The Morgan fingerprint density at radius 1 is 1.00 bits per heavy atom. The van der Waals surface area contributed by atoms with Gasteiger partial charge in [-0.3, -0.25) is 4.79 Å². The molecule has 4 aliphatic rings. The lowest BCUT2D eigenvalue weighted by Crippen LogP contribution is -2.49. The van der Waals surface area contributed by atoms with Crippen LogP contribution < -0.4 is 0 Å². The van der Waals surface area contributed by atoms with E-state index in [4.69, 9.17) is 0 Å². The zero-order valence-corrected chi connectivity index (χ0v) is 12.7. The van der Waals surface area contributed by atoms with E-state index in [1.54, 1.807) is 0 Å². The van der Waals surface area contributed by atoms with Gasteiger partial charge in [-0.1, -0.05) is 6.92 Å². The molecular formula is C18H28O2. The van der Waals surface area contributed by atoms with Crippen molar-refractivity contribution in [2.75, 3.05) is 0 Å². The number of aliphatic hydroxyl groups excluding tert-OH is 1. The van der Waals surface area contributed by atoms with Gasteiger partial charge in [0.05, 0.1) is 6.10 Å². The van der Waals surface area contributed by atoms with Gasteiger partial charge in [0.1, 0.15) is 5.78 Å². The Bertz CT molecular complexity index is 418. The second-order valence-electron chi connectivity index (χ2n) is 8.35. The minimum absolute atomic E-state index is 0.0564. The van der Waals surface area contributed by atoms with E-state index in [-0.39, 0.29) is 11.5 Å². The van der Waals surface area contributed by atoms with Gasteiger partial charge < -0.3 is 5.11 Å². The Morgan fingerprint density at radius 2 is 1.85 bits per heavy atom. The van der Waals surface area contributed by atoms with E-state index in [1.165, 1.54) is 32.1 Å². The van der Waals surface area contributed by atoms with E-state index in [2.05, 4.69) is 6.92 Å². The first-order valence-corrected chi connectivity index (χ1v) is 8.79. The van der Waals surface area contributed by atoms with Crippen LogP contribution in [0.4, 0.5) is 0 Å². The van der Waals surface area contributed by atoms with Crippen LogP contribution in [0.3, 0.4) is 0 Å². The minimum atomic E-state index is -0.0564. The van der Waals surface area contributed by atoms with Crippen molar-refractivity contribution in [2.24, 2.45) is 35.0 Å². The van der Waals surface area contributed by atoms with E-state index in [0.29, 0.717) is 11.7 Å². The smallest absolute Gasteiger partial charge is 0.133 e. The van der Waals surface area contributed by atoms with Gasteiger partial charge in [0.15, 0.2) is 0 Å². The van der Waals surface area contributed by atoms with Crippen LogP contribution in [-0.2, 0) is 4.79 Å². The average molecular weight is 276 g/mol. The maximum Gasteiger partial charge on any atom is 0.133 e. The predicted octanol–water partition coefficient (Wildman–Crippen LogP) is 3.57. The van der Waals surface area contributed by atoms with Crippen LogP contribution in [0.25, 0.3) is 0 Å². The lowest BCUT2D eigenvalue weighted by atomic mass is 9.50. The van der Waals surface area contributed by atoms with E-state index in [1.807, 2.05) is 0 Å². The van der Waals surface area contributed by atoms with Gasteiger partial charge in [-0.15, -0.1) is 0 Å². The second kappa shape index (κ2) is 4.56. The molecule has 5 unspecified atom stereocenters. The molecule has 7 atom stereocenters. The normalized spacial score (nSPS) is 55.0. The van der Waals surface area contributed by atoms with Crippen LogP contribution in [0.15, 0.2) is 0 Å². The number of carbonyl (C=O) groups is 1. The largest absolute Gasteiger partial charge is 0.393 e. The SMILES string of the molecule is CC12CCC3C(CC[C@@H]4CC(=O)CCC34)C1CC[C@@H]2O. The quantitative estimate of drug-likeness (QED) is 0.734. The molecule has 0 aromatic carbocycles. The number of hydrogen-bond acceptors (Lipinski definition) is 2. The molecule has 0 bridgehead atoms. The van der Waals surface area contributed by atoms with Gasteiger partial charge in [-0.2, -0.15) is 0 Å². The van der Waals surface area contributed by atoms with Gasteiger partial charge in [0.25, 0.3) is 0 Å². The highest BCUT2D eigenvalue weighted by Crippen LogP contribution is 2.62. The van der Waals surface area contributed by atoms with Crippen LogP contribution >= 0.6 is 0 Å². The molecule has 20 heavy (non-hydrogen) atoms. The summed E-state index contributed by atoms with van der Waals surface area (Å²) in [4.78, 5) is 11.7. The Balaban J connectivity index is 1.58. The summed E-state index contributed by atoms with van der Waals surface area (Å²) in [5, 5.41) is 10.4. The summed E-state index contributed by atoms with van der Waals surface area (Å²) in [6, 6.07) is 0. The van der Waals surface area contributed by atoms with Crippen LogP contribution in [0, 0.1) is 35.0 Å². The molecule has 0 radical (unpaired) electrons. The minimum Gasteiger partial charge on any atom is -0.393 e. The molecule has 1 N–H and O–H groups in total. The van der Waals surface area contributed by atoms with Crippen molar-refractivity contribution >= 4 is 5.78 Å². The molecule has 4 rings (SSSR count). The number of ketones is 1. The standard InChI is InChI=1S/C18H28O2/c1-18-9-8-14-13-5-3-12(19)10-11(13)2-4-15(14)16(18)6-7-17(18)20/h11,13-17,20H,2-10H2,1H3/t11-,13?,14?,15?,16?,17+,18?/m1/s1. The first-order valence-electron chi connectivity index (χ1n) is 8.79. The van der Waals surface area contributed by atoms with Crippen molar-refractivity contribution in [3.63, 3.8) is 0 Å². The van der Waals surface area contributed by atoms with Gasteiger partial charge in [-0.05, 0) is 80.0 Å². The van der Waals surface area contributed by atoms with Crippen LogP contribution in [0.2, 0.25) is 0 Å². The molecule has 0 aromatic heterocycles. The second-order valence-corrected chi connectivity index (χ2v) is 8.35. The molecule has 0 amide bonds. The molecule has 0 heterocycles. The van der Waals surface area contributed by atoms with E-state index >= 15 is 0 Å². The van der Waals surface area contributed by atoms with Crippen molar-refractivity contribution < 1.29 is 9.90 Å². The zero-order valence-electron chi connectivity index (χ0n) is 12.7. The summed E-state index contributed by atoms with van der Waals surface area (Å²) in [5.41, 5.74) is 0.207. The van der Waals surface area contributed by atoms with Crippen molar-refractivity contribution in [3.8, 4) is 0 Å². The summed E-state index contributed by atoms with van der Waals surface area (Å²) in [6.45, 7) is 2.35. The predicted molar refractivity (Wildman–Crippen MR) is 78.1 cm³/mol. The number of aliphatic hydroxyl groups is 1. The average Bonchev–Trinajstić information content (AvgIpc) is 2.74. The fraction of sp³-hybridized carbons (Fsp3) is 0.944. The van der Waals surface area contributed by atoms with Crippen molar-refractivity contribution in [3.05, 3.63) is 0 Å². The maximum absolute atomic E-state index is 11.7. The molecular weight excluding hydrogens is 248 g/mol. The number of rotatable bonds is 0. The molecule has 0 spiro atoms. The summed E-state index contributed by atoms with van der Waals surface area (Å²) in [7, 11) is 0. The van der Waals surface area contributed by atoms with Crippen molar-refractivity contribution in [1.82, 2.24) is 0 Å². The molecule has 4 saturated carbocycles. The maximum atomic E-state index is 11.7. The lowest BCUT2D eigenvalue weighted by molar-refractivity contribution is -0.128. The monoisotopic (exact) mass is 276 g/mol. The third-order valence-corrected chi connectivity index (χ3v) is 7.72. The van der Waals surface area contributed by atoms with Crippen LogP contribution in [0.5, 0.6) is 0 Å². The van der Waals surface area contributed by atoms with E-state index in [9.17, 15) is 9.90 Å². The highest BCUT2D eigenvalue weighted by molar-refractivity contribution is 5.79. The molecule has 112 valence electrons. The Labute approximate surface area is 122 Å². The number of fused-ring (bicyclic) bond motifs is 5. The lowest BCUT2D eigenvalue weighted by Gasteiger charge is -2.55. The summed E-state index contributed by atoms with van der Waals surface area (Å²) in [6.07, 6.45) is 10.2. The van der Waals surface area contributed by atoms with Crippen molar-refractivity contribution in [1.29, 1.82) is 0 Å². The zero-order chi connectivity index (χ0) is 13.9. The number of carbonyl (C=O) groups excluding carboxylic acids is 1. The Hall–Kier alpha value is -0.370.